The van der Waals surface area contributed by atoms with Crippen molar-refractivity contribution >= 4 is 27.8 Å². The number of methoxy groups -OCH3 is 2. The van der Waals surface area contributed by atoms with Crippen molar-refractivity contribution in [1.29, 1.82) is 0 Å². The van der Waals surface area contributed by atoms with Crippen molar-refractivity contribution in [2.24, 2.45) is 24.6 Å². The smallest absolute Gasteiger partial charge is 0.254 e. The number of likely N-dealkylation sites (tertiary alicyclic amines) is 1. The summed E-state index contributed by atoms with van der Waals surface area (Å²) in [5.74, 6) is 3.30. The lowest BCUT2D eigenvalue weighted by molar-refractivity contribution is 0.0700. The van der Waals surface area contributed by atoms with Crippen LogP contribution in [0.5, 0.6) is 11.5 Å². The van der Waals surface area contributed by atoms with Crippen LogP contribution in [0.2, 0.25) is 0 Å². The maximum atomic E-state index is 13.7. The van der Waals surface area contributed by atoms with Crippen LogP contribution in [0.3, 0.4) is 0 Å². The first-order valence-corrected chi connectivity index (χ1v) is 15.2. The number of carbonyl (C=O) groups is 1. The van der Waals surface area contributed by atoms with Crippen LogP contribution in [0, 0.1) is 11.8 Å². The molecule has 5 aromatic rings. The number of piperidine rings is 1. The number of aromatic nitrogens is 4. The summed E-state index contributed by atoms with van der Waals surface area (Å²) in [5, 5.41) is 1.16. The third-order valence-electron chi connectivity index (χ3n) is 9.87. The third-order valence-corrected chi connectivity index (χ3v) is 9.87. The number of carbonyl (C=O) groups excluding carboxylic acids is 1. The highest BCUT2D eigenvalue weighted by molar-refractivity contribution is 6.00. The van der Waals surface area contributed by atoms with Crippen molar-refractivity contribution in [2.45, 2.75) is 44.3 Å². The topological polar surface area (TPSA) is 100 Å². The van der Waals surface area contributed by atoms with Gasteiger partial charge in [-0.2, -0.15) is 0 Å². The van der Waals surface area contributed by atoms with E-state index in [2.05, 4.69) is 38.4 Å². The fourth-order valence-corrected chi connectivity index (χ4v) is 7.33. The Kier molecular flexibility index (Phi) is 6.01. The van der Waals surface area contributed by atoms with Gasteiger partial charge in [0.25, 0.3) is 5.91 Å². The van der Waals surface area contributed by atoms with Gasteiger partial charge >= 0.3 is 0 Å². The Labute approximate surface area is 250 Å². The molecule has 9 heteroatoms. The van der Waals surface area contributed by atoms with Crippen LogP contribution in [-0.4, -0.2) is 62.8 Å². The average Bonchev–Trinajstić information content (AvgIpc) is 3.44. The standard InChI is InChI=1S/C34H36N6O3/c1-38-32-26(11-23(14-30(32)43-3)34(41)40-18-22-8-9-27(40)31(22)35)37-33(38)29-13-21-7-6-20(24-10-25(42-2)16-36-15-24)12-28(21)39(29)17-19-4-5-19/h6-7,10-16,19,22,27,31H,4-5,8-9,17-18,35H2,1-3H3/t22?,27?,31-/m1/s1. The van der Waals surface area contributed by atoms with E-state index in [4.69, 9.17) is 20.2 Å². The van der Waals surface area contributed by atoms with Crippen molar-refractivity contribution < 1.29 is 14.3 Å². The van der Waals surface area contributed by atoms with Gasteiger partial charge in [0.05, 0.1) is 31.6 Å². The predicted molar refractivity (Wildman–Crippen MR) is 166 cm³/mol. The lowest BCUT2D eigenvalue weighted by Gasteiger charge is -2.27. The molecule has 1 saturated heterocycles. The van der Waals surface area contributed by atoms with Crippen molar-refractivity contribution in [2.75, 3.05) is 20.8 Å². The van der Waals surface area contributed by atoms with Crippen LogP contribution >= 0.6 is 0 Å². The largest absolute Gasteiger partial charge is 0.495 e. The predicted octanol–water partition coefficient (Wildman–Crippen LogP) is 5.25. The number of pyridine rings is 1. The first kappa shape index (κ1) is 26.3. The molecule has 2 N–H and O–H groups in total. The molecule has 3 atom stereocenters. The number of imidazole rings is 1. The van der Waals surface area contributed by atoms with Crippen molar-refractivity contribution in [1.82, 2.24) is 24.0 Å². The molecule has 1 aliphatic heterocycles. The van der Waals surface area contributed by atoms with Crippen molar-refractivity contribution in [3.05, 3.63) is 60.4 Å². The lowest BCUT2D eigenvalue weighted by atomic mass is 10.1. The van der Waals surface area contributed by atoms with Crippen LogP contribution in [0.1, 0.15) is 36.0 Å². The molecule has 220 valence electrons. The highest BCUT2D eigenvalue weighted by atomic mass is 16.5. The van der Waals surface area contributed by atoms with Gasteiger partial charge in [0, 0.05) is 60.4 Å². The van der Waals surface area contributed by atoms with E-state index in [1.54, 1.807) is 20.4 Å². The first-order chi connectivity index (χ1) is 20.9. The molecule has 3 aromatic heterocycles. The fraction of sp³-hybridized carbons (Fsp3) is 0.382. The average molecular weight is 577 g/mol. The minimum atomic E-state index is 0.0115. The molecule has 2 aromatic carbocycles. The van der Waals surface area contributed by atoms with E-state index in [0.717, 1.165) is 76.3 Å². The number of ether oxygens (including phenoxy) is 2. The Morgan fingerprint density at radius 2 is 1.86 bits per heavy atom. The molecule has 0 radical (unpaired) electrons. The van der Waals surface area contributed by atoms with Gasteiger partial charge in [-0.05, 0) is 73.4 Å². The first-order valence-electron chi connectivity index (χ1n) is 15.2. The van der Waals surface area contributed by atoms with Crippen LogP contribution in [0.25, 0.3) is 44.6 Å². The third kappa shape index (κ3) is 4.20. The number of fused-ring (bicyclic) bond motifs is 4. The van der Waals surface area contributed by atoms with Crippen molar-refractivity contribution in [3.63, 3.8) is 0 Å². The minimum Gasteiger partial charge on any atom is -0.495 e. The lowest BCUT2D eigenvalue weighted by Crippen LogP contribution is -2.41. The summed E-state index contributed by atoms with van der Waals surface area (Å²) < 4.78 is 15.8. The number of aryl methyl sites for hydroxylation is 1. The molecule has 0 spiro atoms. The summed E-state index contributed by atoms with van der Waals surface area (Å²) in [6.07, 6.45) is 8.15. The van der Waals surface area contributed by atoms with Gasteiger partial charge in [-0.25, -0.2) is 4.98 Å². The number of rotatable bonds is 7. The van der Waals surface area contributed by atoms with E-state index in [9.17, 15) is 4.79 Å². The number of benzene rings is 2. The molecule has 4 heterocycles. The van der Waals surface area contributed by atoms with Gasteiger partial charge in [-0.15, -0.1) is 0 Å². The highest BCUT2D eigenvalue weighted by Crippen LogP contribution is 2.41. The van der Waals surface area contributed by atoms with E-state index in [0.29, 0.717) is 23.1 Å². The van der Waals surface area contributed by atoms with E-state index in [1.165, 1.54) is 12.8 Å². The number of hydrogen-bond acceptors (Lipinski definition) is 6. The van der Waals surface area contributed by atoms with Crippen LogP contribution in [0.15, 0.2) is 54.9 Å². The van der Waals surface area contributed by atoms with Gasteiger partial charge in [0.2, 0.25) is 0 Å². The molecule has 2 saturated carbocycles. The molecule has 2 aliphatic carbocycles. The summed E-state index contributed by atoms with van der Waals surface area (Å²) in [6, 6.07) is 14.8. The molecule has 3 fully saturated rings. The number of amides is 1. The monoisotopic (exact) mass is 576 g/mol. The molecule has 3 aliphatic rings. The Morgan fingerprint density at radius 3 is 2.58 bits per heavy atom. The Bertz CT molecular complexity index is 1900. The molecular formula is C34H36N6O3. The van der Waals surface area contributed by atoms with Gasteiger partial charge < -0.3 is 29.2 Å². The summed E-state index contributed by atoms with van der Waals surface area (Å²) >= 11 is 0. The molecule has 9 nitrogen and oxygen atoms in total. The molecule has 2 unspecified atom stereocenters. The Morgan fingerprint density at radius 1 is 1.00 bits per heavy atom. The number of nitrogens with two attached hydrogens (primary N) is 1. The van der Waals surface area contributed by atoms with E-state index < -0.39 is 0 Å². The maximum Gasteiger partial charge on any atom is 0.254 e. The Hall–Kier alpha value is -4.37. The van der Waals surface area contributed by atoms with Gasteiger partial charge in [-0.1, -0.05) is 12.1 Å². The van der Waals surface area contributed by atoms with Crippen molar-refractivity contribution in [3.8, 4) is 34.1 Å². The second-order valence-corrected chi connectivity index (χ2v) is 12.5. The zero-order chi connectivity index (χ0) is 29.4. The summed E-state index contributed by atoms with van der Waals surface area (Å²) in [7, 11) is 5.34. The second-order valence-electron chi connectivity index (χ2n) is 12.5. The Balaban J connectivity index is 1.24. The maximum absolute atomic E-state index is 13.7. The van der Waals surface area contributed by atoms with E-state index in [1.807, 2.05) is 36.3 Å². The summed E-state index contributed by atoms with van der Waals surface area (Å²) in [4.78, 5) is 25.2. The summed E-state index contributed by atoms with van der Waals surface area (Å²) in [5.41, 5.74) is 13.0. The highest BCUT2D eigenvalue weighted by Gasteiger charge is 2.47. The fourth-order valence-electron chi connectivity index (χ4n) is 7.33. The van der Waals surface area contributed by atoms with Crippen LogP contribution < -0.4 is 15.2 Å². The minimum absolute atomic E-state index is 0.0115. The SMILES string of the molecule is COc1cncc(-c2ccc3cc(-c4nc5cc(C(=O)N6CC7CCC6[C@@H]7N)cc(OC)c5n4C)n(CC4CC4)c3c2)c1. The van der Waals surface area contributed by atoms with E-state index >= 15 is 0 Å². The van der Waals surface area contributed by atoms with Gasteiger partial charge in [-0.3, -0.25) is 9.78 Å². The molecule has 1 amide bonds. The van der Waals surface area contributed by atoms with Crippen LogP contribution in [0.4, 0.5) is 0 Å². The molecule has 43 heavy (non-hydrogen) atoms. The van der Waals surface area contributed by atoms with Gasteiger partial charge in [0.1, 0.15) is 17.0 Å². The zero-order valence-electron chi connectivity index (χ0n) is 24.8. The summed E-state index contributed by atoms with van der Waals surface area (Å²) in [6.45, 7) is 1.66. The molecule has 2 bridgehead atoms. The quantitative estimate of drug-likeness (QED) is 0.284. The van der Waals surface area contributed by atoms with Crippen LogP contribution in [-0.2, 0) is 13.6 Å². The van der Waals surface area contributed by atoms with Gasteiger partial charge in [0.15, 0.2) is 5.82 Å². The molecular weight excluding hydrogens is 540 g/mol. The zero-order valence-corrected chi connectivity index (χ0v) is 24.8. The number of hydrogen-bond donors (Lipinski definition) is 1. The normalized spacial score (nSPS) is 21.3. The van der Waals surface area contributed by atoms with E-state index in [-0.39, 0.29) is 18.0 Å². The number of nitrogens with zero attached hydrogens (tertiary/aromatic N) is 5. The second kappa shape index (κ2) is 9.84. The molecule has 8 rings (SSSR count).